The Morgan fingerprint density at radius 3 is 2.70 bits per heavy atom. The van der Waals surface area contributed by atoms with Crippen LogP contribution in [0, 0.1) is 18.8 Å². The average molecular weight is 382 g/mol. The lowest BCUT2D eigenvalue weighted by Gasteiger charge is -2.20. The lowest BCUT2D eigenvalue weighted by molar-refractivity contribution is -0.158. The number of aromatic nitrogens is 5. The topological polar surface area (TPSA) is 77.1 Å². The van der Waals surface area contributed by atoms with E-state index in [1.165, 1.54) is 21.6 Å². The second-order valence-corrected chi connectivity index (χ2v) is 6.46. The monoisotopic (exact) mass is 382 g/mol. The van der Waals surface area contributed by atoms with E-state index in [9.17, 15) is 22.4 Å². The molecule has 1 N–H and O–H groups in total. The fraction of sp³-hybridized carbons (Fsp3) is 0.375. The van der Waals surface area contributed by atoms with E-state index < -0.39 is 30.0 Å². The fourth-order valence-corrected chi connectivity index (χ4v) is 2.92. The van der Waals surface area contributed by atoms with Crippen LogP contribution in [0.5, 0.6) is 0 Å². The number of aryl methyl sites for hydroxylation is 1. The van der Waals surface area contributed by atoms with Crippen LogP contribution in [0.2, 0.25) is 0 Å². The highest BCUT2D eigenvalue weighted by Gasteiger charge is 2.49. The van der Waals surface area contributed by atoms with Gasteiger partial charge in [0.1, 0.15) is 11.6 Å². The predicted molar refractivity (Wildman–Crippen MR) is 84.8 cm³/mol. The zero-order valence-corrected chi connectivity index (χ0v) is 14.0. The van der Waals surface area contributed by atoms with E-state index in [1.54, 1.807) is 13.0 Å². The van der Waals surface area contributed by atoms with E-state index in [0.29, 0.717) is 18.5 Å². The Morgan fingerprint density at radius 1 is 1.37 bits per heavy atom. The Balaban J connectivity index is 1.71. The van der Waals surface area contributed by atoms with Crippen molar-refractivity contribution in [2.24, 2.45) is 5.92 Å². The number of amides is 1. The van der Waals surface area contributed by atoms with E-state index in [4.69, 9.17) is 0 Å². The lowest BCUT2D eigenvalue weighted by atomic mass is 10.1. The SMILES string of the molecule is Cc1cc(-n2ccc(F)n2)nc2c(C(=O)N[C@@H](C3CC3)C(F)(F)F)cnn12. The molecule has 1 saturated carbocycles. The zero-order chi connectivity index (χ0) is 19.3. The van der Waals surface area contributed by atoms with Gasteiger partial charge in [-0.15, -0.1) is 5.10 Å². The maximum atomic E-state index is 13.2. The second kappa shape index (κ2) is 6.03. The molecule has 1 aliphatic rings. The lowest BCUT2D eigenvalue weighted by Crippen LogP contribution is -2.46. The van der Waals surface area contributed by atoms with Gasteiger partial charge in [0, 0.05) is 24.0 Å². The highest BCUT2D eigenvalue weighted by atomic mass is 19.4. The maximum absolute atomic E-state index is 13.2. The third kappa shape index (κ3) is 3.24. The summed E-state index contributed by atoms with van der Waals surface area (Å²) in [6.07, 6.45) is -1.17. The highest BCUT2D eigenvalue weighted by molar-refractivity contribution is 6.00. The number of alkyl halides is 3. The quantitative estimate of drug-likeness (QED) is 0.703. The number of rotatable bonds is 4. The van der Waals surface area contributed by atoms with Crippen molar-refractivity contribution in [1.29, 1.82) is 0 Å². The molecule has 0 spiro atoms. The Bertz CT molecular complexity index is 1020. The summed E-state index contributed by atoms with van der Waals surface area (Å²) in [5, 5.41) is 9.68. The molecule has 1 atom stereocenters. The standard InChI is InChI=1S/C16H14F4N6O/c1-8-6-12(25-5-4-11(17)24-25)22-14-10(7-21-26(8)14)15(27)23-13(9-2-3-9)16(18,19)20/h4-7,9,13H,2-3H2,1H3,(H,23,27)/t13-/m0/s1. The van der Waals surface area contributed by atoms with Crippen LogP contribution in [0.25, 0.3) is 11.5 Å². The van der Waals surface area contributed by atoms with Crippen LogP contribution in [-0.2, 0) is 0 Å². The van der Waals surface area contributed by atoms with Gasteiger partial charge in [0.25, 0.3) is 5.91 Å². The number of hydrogen-bond donors (Lipinski definition) is 1. The summed E-state index contributed by atoms with van der Waals surface area (Å²) in [5.41, 5.74) is 0.525. The fourth-order valence-electron chi connectivity index (χ4n) is 2.92. The van der Waals surface area contributed by atoms with Crippen molar-refractivity contribution in [3.63, 3.8) is 0 Å². The number of fused-ring (bicyclic) bond motifs is 1. The number of nitrogens with one attached hydrogen (secondary N) is 1. The van der Waals surface area contributed by atoms with Crippen molar-refractivity contribution in [2.45, 2.75) is 32.0 Å². The van der Waals surface area contributed by atoms with E-state index >= 15 is 0 Å². The van der Waals surface area contributed by atoms with Gasteiger partial charge in [-0.3, -0.25) is 4.79 Å². The van der Waals surface area contributed by atoms with E-state index in [0.717, 1.165) is 6.07 Å². The van der Waals surface area contributed by atoms with Crippen LogP contribution in [0.1, 0.15) is 28.9 Å². The Morgan fingerprint density at radius 2 is 2.11 bits per heavy atom. The molecule has 11 heteroatoms. The third-order valence-electron chi connectivity index (χ3n) is 4.40. The van der Waals surface area contributed by atoms with Gasteiger partial charge >= 0.3 is 6.18 Å². The smallest absolute Gasteiger partial charge is 0.340 e. The zero-order valence-electron chi connectivity index (χ0n) is 14.0. The largest absolute Gasteiger partial charge is 0.408 e. The molecule has 1 amide bonds. The molecule has 3 aromatic rings. The molecule has 0 unspecified atom stereocenters. The van der Waals surface area contributed by atoms with E-state index in [2.05, 4.69) is 20.5 Å². The first-order chi connectivity index (χ1) is 12.7. The molecule has 1 aliphatic carbocycles. The molecule has 0 bridgehead atoms. The molecule has 4 rings (SSSR count). The van der Waals surface area contributed by atoms with Crippen molar-refractivity contribution in [1.82, 2.24) is 29.7 Å². The Hall–Kier alpha value is -2.98. The number of hydrogen-bond acceptors (Lipinski definition) is 4. The van der Waals surface area contributed by atoms with Gasteiger partial charge in [-0.1, -0.05) is 0 Å². The van der Waals surface area contributed by atoms with Crippen LogP contribution in [-0.4, -0.2) is 42.5 Å². The predicted octanol–water partition coefficient (Wildman–Crippen LogP) is 2.43. The van der Waals surface area contributed by atoms with Gasteiger partial charge in [-0.05, 0) is 25.7 Å². The minimum Gasteiger partial charge on any atom is -0.340 e. The Labute approximate surface area is 150 Å². The molecule has 0 aromatic carbocycles. The van der Waals surface area contributed by atoms with Crippen LogP contribution >= 0.6 is 0 Å². The van der Waals surface area contributed by atoms with Crippen LogP contribution < -0.4 is 5.32 Å². The molecule has 7 nitrogen and oxygen atoms in total. The minimum atomic E-state index is -4.53. The molecule has 0 radical (unpaired) electrons. The van der Waals surface area contributed by atoms with Gasteiger partial charge in [-0.25, -0.2) is 14.2 Å². The van der Waals surface area contributed by atoms with Crippen LogP contribution in [0.15, 0.2) is 24.5 Å². The van der Waals surface area contributed by atoms with Crippen molar-refractivity contribution >= 4 is 11.6 Å². The number of carbonyl (C=O) groups excluding carboxylic acids is 1. The van der Waals surface area contributed by atoms with E-state index in [-0.39, 0.29) is 17.0 Å². The van der Waals surface area contributed by atoms with Crippen LogP contribution in [0.3, 0.4) is 0 Å². The number of carbonyl (C=O) groups is 1. The third-order valence-corrected chi connectivity index (χ3v) is 4.40. The summed E-state index contributed by atoms with van der Waals surface area (Å²) in [7, 11) is 0. The first-order valence-electron chi connectivity index (χ1n) is 8.18. The molecule has 142 valence electrons. The van der Waals surface area contributed by atoms with Crippen molar-refractivity contribution in [3.05, 3.63) is 41.7 Å². The molecular weight excluding hydrogens is 368 g/mol. The first kappa shape index (κ1) is 17.4. The summed E-state index contributed by atoms with van der Waals surface area (Å²) in [6.45, 7) is 1.68. The van der Waals surface area contributed by atoms with Gasteiger partial charge in [0.15, 0.2) is 11.5 Å². The van der Waals surface area contributed by atoms with Crippen LogP contribution in [0.4, 0.5) is 17.6 Å². The second-order valence-electron chi connectivity index (χ2n) is 6.46. The highest BCUT2D eigenvalue weighted by Crippen LogP contribution is 2.40. The normalized spacial score (nSPS) is 15.9. The molecule has 0 saturated heterocycles. The Kier molecular flexibility index (Phi) is 3.89. The summed E-state index contributed by atoms with van der Waals surface area (Å²) in [4.78, 5) is 16.7. The van der Waals surface area contributed by atoms with Crippen molar-refractivity contribution in [3.8, 4) is 5.82 Å². The molecule has 27 heavy (non-hydrogen) atoms. The molecule has 3 aromatic heterocycles. The first-order valence-corrected chi connectivity index (χ1v) is 8.18. The summed E-state index contributed by atoms with van der Waals surface area (Å²) in [5.74, 6) is -2.01. The molecular formula is C16H14F4N6O. The minimum absolute atomic E-state index is 0.0649. The summed E-state index contributed by atoms with van der Waals surface area (Å²) < 4.78 is 55.2. The number of halogens is 4. The van der Waals surface area contributed by atoms with Gasteiger partial charge in [0.05, 0.1) is 6.20 Å². The molecule has 3 heterocycles. The maximum Gasteiger partial charge on any atom is 0.408 e. The van der Waals surface area contributed by atoms with Gasteiger partial charge in [-0.2, -0.15) is 22.7 Å². The summed E-state index contributed by atoms with van der Waals surface area (Å²) >= 11 is 0. The van der Waals surface area contributed by atoms with Gasteiger partial charge < -0.3 is 5.32 Å². The average Bonchev–Trinajstić information content (AvgIpc) is 3.17. The molecule has 1 fully saturated rings. The van der Waals surface area contributed by atoms with Crippen molar-refractivity contribution in [2.75, 3.05) is 0 Å². The number of nitrogens with zero attached hydrogens (tertiary/aromatic N) is 5. The van der Waals surface area contributed by atoms with Gasteiger partial charge in [0.2, 0.25) is 5.95 Å². The van der Waals surface area contributed by atoms with Crippen molar-refractivity contribution < 1.29 is 22.4 Å². The van der Waals surface area contributed by atoms with E-state index in [1.807, 2.05) is 0 Å². The summed E-state index contributed by atoms with van der Waals surface area (Å²) in [6, 6.07) is 0.801. The molecule has 0 aliphatic heterocycles.